The van der Waals surface area contributed by atoms with Crippen molar-refractivity contribution < 1.29 is 4.79 Å². The van der Waals surface area contributed by atoms with E-state index in [2.05, 4.69) is 12.2 Å². The standard InChI is InChI=1S/C8H17N3O.ClH/c1-6-5-11(4-3-10-6)8(12)7(2)9;/h6-7,10H,3-5,9H2,1-2H3;1H/t6-,7?;/m0./s1. The number of halogens is 1. The zero-order valence-electron chi connectivity index (χ0n) is 8.12. The smallest absolute Gasteiger partial charge is 0.239 e. The predicted molar refractivity (Wildman–Crippen MR) is 54.9 cm³/mol. The van der Waals surface area contributed by atoms with Crippen LogP contribution in [0.25, 0.3) is 0 Å². The van der Waals surface area contributed by atoms with Crippen LogP contribution >= 0.6 is 12.4 Å². The summed E-state index contributed by atoms with van der Waals surface area (Å²) in [5.41, 5.74) is 5.50. The van der Waals surface area contributed by atoms with E-state index in [9.17, 15) is 4.79 Å². The van der Waals surface area contributed by atoms with Crippen LogP contribution in [-0.2, 0) is 4.79 Å². The summed E-state index contributed by atoms with van der Waals surface area (Å²) in [5.74, 6) is 0.0587. The third-order valence-electron chi connectivity index (χ3n) is 2.07. The fraction of sp³-hybridized carbons (Fsp3) is 0.875. The van der Waals surface area contributed by atoms with Crippen LogP contribution in [-0.4, -0.2) is 42.5 Å². The first-order valence-electron chi connectivity index (χ1n) is 4.39. The molecule has 78 valence electrons. The largest absolute Gasteiger partial charge is 0.339 e. The van der Waals surface area contributed by atoms with Gasteiger partial charge in [0, 0.05) is 25.7 Å². The Morgan fingerprint density at radius 2 is 2.31 bits per heavy atom. The highest BCUT2D eigenvalue weighted by Crippen LogP contribution is 2.00. The van der Waals surface area contributed by atoms with Crippen molar-refractivity contribution in [2.45, 2.75) is 25.9 Å². The van der Waals surface area contributed by atoms with E-state index < -0.39 is 0 Å². The molecule has 0 aliphatic carbocycles. The van der Waals surface area contributed by atoms with Crippen LogP contribution in [0.3, 0.4) is 0 Å². The zero-order chi connectivity index (χ0) is 9.14. The molecule has 0 bridgehead atoms. The normalized spacial score (nSPS) is 24.8. The lowest BCUT2D eigenvalue weighted by molar-refractivity contribution is -0.133. The van der Waals surface area contributed by atoms with Gasteiger partial charge in [0.2, 0.25) is 5.91 Å². The quantitative estimate of drug-likeness (QED) is 0.614. The van der Waals surface area contributed by atoms with Gasteiger partial charge in [-0.15, -0.1) is 12.4 Å². The molecule has 4 nitrogen and oxygen atoms in total. The maximum Gasteiger partial charge on any atom is 0.239 e. The van der Waals surface area contributed by atoms with E-state index in [0.29, 0.717) is 6.04 Å². The van der Waals surface area contributed by atoms with Gasteiger partial charge in [0.25, 0.3) is 0 Å². The SMILES string of the molecule is CC(N)C(=O)N1CCN[C@@H](C)C1.Cl. The summed E-state index contributed by atoms with van der Waals surface area (Å²) >= 11 is 0. The Labute approximate surface area is 85.3 Å². The average molecular weight is 208 g/mol. The topological polar surface area (TPSA) is 58.4 Å². The molecule has 1 aliphatic heterocycles. The Kier molecular flexibility index (Phi) is 5.29. The molecule has 1 unspecified atom stereocenters. The van der Waals surface area contributed by atoms with Gasteiger partial charge in [0.1, 0.15) is 0 Å². The highest BCUT2D eigenvalue weighted by Gasteiger charge is 2.22. The van der Waals surface area contributed by atoms with Gasteiger partial charge in [-0.1, -0.05) is 0 Å². The number of carbonyl (C=O) groups is 1. The fourth-order valence-corrected chi connectivity index (χ4v) is 1.42. The van der Waals surface area contributed by atoms with Gasteiger partial charge in [0.15, 0.2) is 0 Å². The molecule has 1 aliphatic rings. The summed E-state index contributed by atoms with van der Waals surface area (Å²) in [7, 11) is 0. The highest BCUT2D eigenvalue weighted by atomic mass is 35.5. The number of nitrogens with one attached hydrogen (secondary N) is 1. The van der Waals surface area contributed by atoms with Crippen LogP contribution in [0.5, 0.6) is 0 Å². The number of hydrogen-bond acceptors (Lipinski definition) is 3. The molecule has 0 spiro atoms. The van der Waals surface area contributed by atoms with Gasteiger partial charge < -0.3 is 16.0 Å². The summed E-state index contributed by atoms with van der Waals surface area (Å²) in [4.78, 5) is 13.2. The minimum absolute atomic E-state index is 0. The van der Waals surface area contributed by atoms with Gasteiger partial charge in [0.05, 0.1) is 6.04 Å². The van der Waals surface area contributed by atoms with Crippen LogP contribution in [0.2, 0.25) is 0 Å². The molecule has 2 atom stereocenters. The van der Waals surface area contributed by atoms with Crippen molar-refractivity contribution >= 4 is 18.3 Å². The Balaban J connectivity index is 0.00000144. The van der Waals surface area contributed by atoms with E-state index >= 15 is 0 Å². The van der Waals surface area contributed by atoms with Crippen LogP contribution in [0.1, 0.15) is 13.8 Å². The van der Waals surface area contributed by atoms with Crippen molar-refractivity contribution in [3.63, 3.8) is 0 Å². The minimum Gasteiger partial charge on any atom is -0.339 e. The molecule has 13 heavy (non-hydrogen) atoms. The van der Waals surface area contributed by atoms with E-state index in [-0.39, 0.29) is 24.4 Å². The van der Waals surface area contributed by atoms with E-state index in [1.807, 2.05) is 4.90 Å². The summed E-state index contributed by atoms with van der Waals surface area (Å²) < 4.78 is 0. The second-order valence-electron chi connectivity index (χ2n) is 3.43. The maximum atomic E-state index is 11.4. The van der Waals surface area contributed by atoms with Crippen LogP contribution in [0.4, 0.5) is 0 Å². The molecule has 0 aromatic carbocycles. The van der Waals surface area contributed by atoms with Gasteiger partial charge in [-0.2, -0.15) is 0 Å². The lowest BCUT2D eigenvalue weighted by atomic mass is 10.2. The molecule has 5 heteroatoms. The predicted octanol–water partition coefficient (Wildman–Crippen LogP) is -0.424. The van der Waals surface area contributed by atoms with Crippen molar-refractivity contribution in [2.75, 3.05) is 19.6 Å². The summed E-state index contributed by atoms with van der Waals surface area (Å²) in [6.07, 6.45) is 0. The van der Waals surface area contributed by atoms with E-state index in [0.717, 1.165) is 19.6 Å². The Morgan fingerprint density at radius 3 is 2.77 bits per heavy atom. The van der Waals surface area contributed by atoms with E-state index in [4.69, 9.17) is 5.73 Å². The highest BCUT2D eigenvalue weighted by molar-refractivity contribution is 5.85. The molecule has 3 N–H and O–H groups in total. The number of hydrogen-bond donors (Lipinski definition) is 2. The lowest BCUT2D eigenvalue weighted by Gasteiger charge is -2.32. The Morgan fingerprint density at radius 1 is 1.69 bits per heavy atom. The first-order valence-corrected chi connectivity index (χ1v) is 4.39. The molecule has 1 heterocycles. The maximum absolute atomic E-state index is 11.4. The van der Waals surface area contributed by atoms with Crippen LogP contribution < -0.4 is 11.1 Å². The second kappa shape index (κ2) is 5.42. The molecule has 1 amide bonds. The first kappa shape index (κ1) is 12.7. The molecular weight excluding hydrogens is 190 g/mol. The summed E-state index contributed by atoms with van der Waals surface area (Å²) in [5, 5.41) is 3.27. The van der Waals surface area contributed by atoms with Crippen molar-refractivity contribution in [1.29, 1.82) is 0 Å². The zero-order valence-corrected chi connectivity index (χ0v) is 8.93. The van der Waals surface area contributed by atoms with Crippen LogP contribution in [0, 0.1) is 0 Å². The molecule has 1 saturated heterocycles. The third-order valence-corrected chi connectivity index (χ3v) is 2.07. The lowest BCUT2D eigenvalue weighted by Crippen LogP contribution is -2.54. The molecule has 0 aromatic heterocycles. The molecule has 1 rings (SSSR count). The molecule has 0 aromatic rings. The van der Waals surface area contributed by atoms with E-state index in [1.165, 1.54) is 0 Å². The van der Waals surface area contributed by atoms with Gasteiger partial charge in [-0.3, -0.25) is 4.79 Å². The fourth-order valence-electron chi connectivity index (χ4n) is 1.42. The van der Waals surface area contributed by atoms with Gasteiger partial charge in [-0.05, 0) is 13.8 Å². The first-order chi connectivity index (χ1) is 5.61. The Bertz CT molecular complexity index is 175. The summed E-state index contributed by atoms with van der Waals surface area (Å²) in [6.45, 7) is 6.24. The molecule has 1 fully saturated rings. The van der Waals surface area contributed by atoms with Crippen molar-refractivity contribution in [3.05, 3.63) is 0 Å². The summed E-state index contributed by atoms with van der Waals surface area (Å²) in [6, 6.07) is 0.0248. The average Bonchev–Trinajstić information content (AvgIpc) is 2.03. The van der Waals surface area contributed by atoms with Crippen molar-refractivity contribution in [3.8, 4) is 0 Å². The molecule has 0 radical (unpaired) electrons. The number of piperazine rings is 1. The number of carbonyl (C=O) groups excluding carboxylic acids is 1. The number of rotatable bonds is 1. The van der Waals surface area contributed by atoms with Gasteiger partial charge in [-0.25, -0.2) is 0 Å². The van der Waals surface area contributed by atoms with Crippen molar-refractivity contribution in [2.24, 2.45) is 5.73 Å². The van der Waals surface area contributed by atoms with Gasteiger partial charge >= 0.3 is 0 Å². The van der Waals surface area contributed by atoms with E-state index in [1.54, 1.807) is 6.92 Å². The number of amides is 1. The van der Waals surface area contributed by atoms with Crippen molar-refractivity contribution in [1.82, 2.24) is 10.2 Å². The van der Waals surface area contributed by atoms with Crippen LogP contribution in [0.15, 0.2) is 0 Å². The number of nitrogens with zero attached hydrogens (tertiary/aromatic N) is 1. The second-order valence-corrected chi connectivity index (χ2v) is 3.43. The third kappa shape index (κ3) is 3.50. The minimum atomic E-state index is -0.365. The number of nitrogens with two attached hydrogens (primary N) is 1. The monoisotopic (exact) mass is 207 g/mol. The Hall–Kier alpha value is -0.320. The molecule has 0 saturated carbocycles. The molecular formula is C8H18ClN3O.